The molecule has 1 aromatic heterocycles. The number of H-pyrrole nitrogens is 1. The Bertz CT molecular complexity index is 1020. The molecule has 26 heavy (non-hydrogen) atoms. The fourth-order valence-electron chi connectivity index (χ4n) is 3.69. The standard InChI is InChI=1S/C21H20N2O3/c1-26-16-8-4-7-15(12-16)19-10-5-11-23(19)21(25)18-13-14-6-2-3-9-17(14)20(24)22-18/h2-4,6-9,12-13,19H,5,10-11H2,1H3,(H,22,24). The quantitative estimate of drug-likeness (QED) is 0.788. The lowest BCUT2D eigenvalue weighted by molar-refractivity contribution is 0.0729. The summed E-state index contributed by atoms with van der Waals surface area (Å²) < 4.78 is 5.31. The van der Waals surface area contributed by atoms with Crippen LogP contribution in [-0.2, 0) is 0 Å². The predicted molar refractivity (Wildman–Crippen MR) is 101 cm³/mol. The van der Waals surface area contributed by atoms with Gasteiger partial charge < -0.3 is 14.6 Å². The van der Waals surface area contributed by atoms with E-state index in [1.807, 2.05) is 47.4 Å². The van der Waals surface area contributed by atoms with Gasteiger partial charge in [-0.2, -0.15) is 0 Å². The highest BCUT2D eigenvalue weighted by Crippen LogP contribution is 2.34. The first-order chi connectivity index (χ1) is 12.7. The highest BCUT2D eigenvalue weighted by Gasteiger charge is 2.31. The number of ether oxygens (including phenoxy) is 1. The summed E-state index contributed by atoms with van der Waals surface area (Å²) in [4.78, 5) is 30.0. The minimum Gasteiger partial charge on any atom is -0.497 e. The highest BCUT2D eigenvalue weighted by atomic mass is 16.5. The lowest BCUT2D eigenvalue weighted by atomic mass is 10.0. The van der Waals surface area contributed by atoms with Crippen molar-refractivity contribution in [3.05, 3.63) is 76.2 Å². The summed E-state index contributed by atoms with van der Waals surface area (Å²) in [6, 6.07) is 16.9. The van der Waals surface area contributed by atoms with Crippen molar-refractivity contribution in [2.75, 3.05) is 13.7 Å². The summed E-state index contributed by atoms with van der Waals surface area (Å²) in [5, 5.41) is 1.37. The molecule has 3 aromatic rings. The van der Waals surface area contributed by atoms with E-state index in [4.69, 9.17) is 4.74 Å². The minimum atomic E-state index is -0.233. The average Bonchev–Trinajstić information content (AvgIpc) is 3.17. The number of nitrogens with one attached hydrogen (secondary N) is 1. The lowest BCUT2D eigenvalue weighted by Crippen LogP contribution is -2.32. The monoisotopic (exact) mass is 348 g/mol. The van der Waals surface area contributed by atoms with Crippen LogP contribution < -0.4 is 10.3 Å². The van der Waals surface area contributed by atoms with Crippen LogP contribution in [-0.4, -0.2) is 29.4 Å². The van der Waals surface area contributed by atoms with Crippen LogP contribution in [0.25, 0.3) is 10.8 Å². The third-order valence-corrected chi connectivity index (χ3v) is 4.98. The number of amides is 1. The molecule has 1 amide bonds. The molecule has 0 radical (unpaired) electrons. The van der Waals surface area contributed by atoms with Gasteiger partial charge in [0.25, 0.3) is 11.5 Å². The fourth-order valence-corrected chi connectivity index (χ4v) is 3.69. The van der Waals surface area contributed by atoms with E-state index in [-0.39, 0.29) is 17.5 Å². The number of carbonyl (C=O) groups is 1. The number of methoxy groups -OCH3 is 1. The second kappa shape index (κ2) is 6.67. The number of hydrogen-bond donors (Lipinski definition) is 1. The van der Waals surface area contributed by atoms with Crippen LogP contribution in [0.1, 0.15) is 34.9 Å². The molecule has 5 nitrogen and oxygen atoms in total. The van der Waals surface area contributed by atoms with E-state index in [0.717, 1.165) is 29.5 Å². The Morgan fingerprint density at radius 1 is 1.15 bits per heavy atom. The molecule has 1 fully saturated rings. The summed E-state index contributed by atoms with van der Waals surface area (Å²) >= 11 is 0. The van der Waals surface area contributed by atoms with Crippen LogP contribution in [0.15, 0.2) is 59.4 Å². The van der Waals surface area contributed by atoms with Crippen LogP contribution >= 0.6 is 0 Å². The van der Waals surface area contributed by atoms with Crippen molar-refractivity contribution in [2.45, 2.75) is 18.9 Å². The minimum absolute atomic E-state index is 0.00688. The molecule has 1 N–H and O–H groups in total. The summed E-state index contributed by atoms with van der Waals surface area (Å²) in [6.07, 6.45) is 1.84. The maximum atomic E-state index is 13.1. The number of pyridine rings is 1. The van der Waals surface area contributed by atoms with E-state index in [9.17, 15) is 9.59 Å². The largest absolute Gasteiger partial charge is 0.497 e. The summed E-state index contributed by atoms with van der Waals surface area (Å²) in [7, 11) is 1.64. The van der Waals surface area contributed by atoms with Crippen molar-refractivity contribution in [3.8, 4) is 5.75 Å². The topological polar surface area (TPSA) is 62.4 Å². The molecule has 0 bridgehead atoms. The number of rotatable bonds is 3. The molecule has 2 aromatic carbocycles. The van der Waals surface area contributed by atoms with Gasteiger partial charge in [0.2, 0.25) is 0 Å². The third-order valence-electron chi connectivity index (χ3n) is 4.98. The number of fused-ring (bicyclic) bond motifs is 1. The van der Waals surface area contributed by atoms with Gasteiger partial charge in [-0.25, -0.2) is 0 Å². The van der Waals surface area contributed by atoms with E-state index >= 15 is 0 Å². The van der Waals surface area contributed by atoms with Crippen molar-refractivity contribution in [2.24, 2.45) is 0 Å². The van der Waals surface area contributed by atoms with Crippen LogP contribution in [0.2, 0.25) is 0 Å². The van der Waals surface area contributed by atoms with Crippen LogP contribution in [0, 0.1) is 0 Å². The molecular formula is C21H20N2O3. The first kappa shape index (κ1) is 16.4. The SMILES string of the molecule is COc1cccc(C2CCCN2C(=O)c2cc3ccccc3c(=O)[nH]2)c1. The zero-order chi connectivity index (χ0) is 18.1. The first-order valence-electron chi connectivity index (χ1n) is 8.74. The molecule has 1 unspecified atom stereocenters. The normalized spacial score (nSPS) is 16.8. The van der Waals surface area contributed by atoms with Crippen molar-refractivity contribution in [1.82, 2.24) is 9.88 Å². The Kier molecular flexibility index (Phi) is 4.21. The van der Waals surface area contributed by atoms with Crippen LogP contribution in [0.3, 0.4) is 0 Å². The Morgan fingerprint density at radius 2 is 2.00 bits per heavy atom. The molecule has 1 atom stereocenters. The average molecular weight is 348 g/mol. The summed E-state index contributed by atoms with van der Waals surface area (Å²) in [6.45, 7) is 0.676. The lowest BCUT2D eigenvalue weighted by Gasteiger charge is -2.25. The molecule has 0 saturated carbocycles. The molecule has 5 heteroatoms. The van der Waals surface area contributed by atoms with E-state index in [1.165, 1.54) is 0 Å². The maximum absolute atomic E-state index is 13.1. The number of hydrogen-bond acceptors (Lipinski definition) is 3. The van der Waals surface area contributed by atoms with Crippen LogP contribution in [0.4, 0.5) is 0 Å². The molecular weight excluding hydrogens is 328 g/mol. The zero-order valence-corrected chi connectivity index (χ0v) is 14.6. The summed E-state index contributed by atoms with van der Waals surface area (Å²) in [5.41, 5.74) is 1.16. The predicted octanol–water partition coefficient (Wildman–Crippen LogP) is 3.51. The van der Waals surface area contributed by atoms with Crippen molar-refractivity contribution in [1.29, 1.82) is 0 Å². The van der Waals surface area contributed by atoms with Gasteiger partial charge in [-0.1, -0.05) is 30.3 Å². The number of aromatic nitrogens is 1. The molecule has 0 spiro atoms. The van der Waals surface area contributed by atoms with Gasteiger partial charge >= 0.3 is 0 Å². The Balaban J connectivity index is 1.70. The van der Waals surface area contributed by atoms with Gasteiger partial charge in [-0.05, 0) is 48.1 Å². The smallest absolute Gasteiger partial charge is 0.270 e. The number of aromatic amines is 1. The maximum Gasteiger partial charge on any atom is 0.270 e. The second-order valence-corrected chi connectivity index (χ2v) is 6.53. The van der Waals surface area contributed by atoms with Gasteiger partial charge in [0.05, 0.1) is 13.2 Å². The van der Waals surface area contributed by atoms with Crippen molar-refractivity contribution < 1.29 is 9.53 Å². The fraction of sp³-hybridized carbons (Fsp3) is 0.238. The third kappa shape index (κ3) is 2.86. The van der Waals surface area contributed by atoms with Crippen LogP contribution in [0.5, 0.6) is 5.75 Å². The number of benzene rings is 2. The van der Waals surface area contributed by atoms with E-state index in [2.05, 4.69) is 4.98 Å². The Morgan fingerprint density at radius 3 is 2.85 bits per heavy atom. The van der Waals surface area contributed by atoms with Gasteiger partial charge in [0, 0.05) is 11.9 Å². The first-order valence-corrected chi connectivity index (χ1v) is 8.74. The molecule has 1 aliphatic rings. The molecule has 4 rings (SSSR count). The Hall–Kier alpha value is -3.08. The molecule has 0 aliphatic carbocycles. The van der Waals surface area contributed by atoms with E-state index < -0.39 is 0 Å². The summed E-state index contributed by atoms with van der Waals surface area (Å²) in [5.74, 6) is 0.638. The molecule has 1 aliphatic heterocycles. The van der Waals surface area contributed by atoms with E-state index in [1.54, 1.807) is 19.2 Å². The second-order valence-electron chi connectivity index (χ2n) is 6.53. The Labute approximate surface area is 151 Å². The molecule has 1 saturated heterocycles. The van der Waals surface area contributed by atoms with E-state index in [0.29, 0.717) is 17.6 Å². The zero-order valence-electron chi connectivity index (χ0n) is 14.6. The van der Waals surface area contributed by atoms with Gasteiger partial charge in [-0.15, -0.1) is 0 Å². The van der Waals surface area contributed by atoms with Crippen molar-refractivity contribution in [3.63, 3.8) is 0 Å². The number of nitrogens with zero attached hydrogens (tertiary/aromatic N) is 1. The van der Waals surface area contributed by atoms with Gasteiger partial charge in [0.1, 0.15) is 11.4 Å². The number of carbonyl (C=O) groups excluding carboxylic acids is 1. The van der Waals surface area contributed by atoms with Gasteiger partial charge in [-0.3, -0.25) is 9.59 Å². The highest BCUT2D eigenvalue weighted by molar-refractivity contribution is 5.96. The number of likely N-dealkylation sites (tertiary alicyclic amines) is 1. The molecule has 2 heterocycles. The van der Waals surface area contributed by atoms with Crippen molar-refractivity contribution >= 4 is 16.7 Å². The molecule has 132 valence electrons. The van der Waals surface area contributed by atoms with Gasteiger partial charge in [0.15, 0.2) is 0 Å².